The second kappa shape index (κ2) is 6.79. The monoisotopic (exact) mass is 248 g/mol. The van der Waals surface area contributed by atoms with E-state index in [9.17, 15) is 0 Å². The van der Waals surface area contributed by atoms with Gasteiger partial charge in [0.05, 0.1) is 0 Å². The van der Waals surface area contributed by atoms with Gasteiger partial charge in [-0.25, -0.2) is 0 Å². The van der Waals surface area contributed by atoms with Gasteiger partial charge in [0.15, 0.2) is 0 Å². The van der Waals surface area contributed by atoms with Gasteiger partial charge in [-0.1, -0.05) is 45.4 Å². The Balaban J connectivity index is 2.79. The molecule has 0 aliphatic carbocycles. The number of benzene rings is 1. The maximum absolute atomic E-state index is 6.10. The van der Waals surface area contributed by atoms with Crippen LogP contribution >= 0.6 is 0 Å². The molecule has 1 aromatic rings. The molecule has 0 fully saturated rings. The Hall–Kier alpha value is -1.02. The summed E-state index contributed by atoms with van der Waals surface area (Å²) in [6.07, 6.45) is 2.45. The molecule has 0 aliphatic heterocycles. The van der Waals surface area contributed by atoms with Gasteiger partial charge in [-0.3, -0.25) is 0 Å². The first-order valence-electron chi connectivity index (χ1n) is 7.03. The number of hydrogen-bond acceptors (Lipinski definition) is 2. The molecule has 2 N–H and O–H groups in total. The quantitative estimate of drug-likeness (QED) is 0.798. The minimum absolute atomic E-state index is 0.129. The van der Waals surface area contributed by atoms with Gasteiger partial charge in [0.25, 0.3) is 0 Å². The predicted molar refractivity (Wildman–Crippen MR) is 81.0 cm³/mol. The maximum atomic E-state index is 6.10. The van der Waals surface area contributed by atoms with E-state index >= 15 is 0 Å². The standard InChI is InChI=1S/C16H28N2/c1-5-6-12-18(13-16(3,4)14(2)17)15-10-8-7-9-11-15/h7-11,14H,5-6,12-13,17H2,1-4H3. The number of unbranched alkanes of at least 4 members (excludes halogenated alkanes) is 1. The van der Waals surface area contributed by atoms with Crippen molar-refractivity contribution in [3.63, 3.8) is 0 Å². The summed E-state index contributed by atoms with van der Waals surface area (Å²) in [6, 6.07) is 10.9. The molecule has 2 nitrogen and oxygen atoms in total. The van der Waals surface area contributed by atoms with Crippen molar-refractivity contribution in [2.75, 3.05) is 18.0 Å². The molecule has 0 saturated heterocycles. The van der Waals surface area contributed by atoms with Crippen molar-refractivity contribution < 1.29 is 0 Å². The first-order chi connectivity index (χ1) is 8.47. The summed E-state index contributed by atoms with van der Waals surface area (Å²) in [5.74, 6) is 0. The molecule has 102 valence electrons. The maximum Gasteiger partial charge on any atom is 0.0366 e. The first-order valence-corrected chi connectivity index (χ1v) is 7.03. The normalized spacial score (nSPS) is 13.4. The Morgan fingerprint density at radius 1 is 1.22 bits per heavy atom. The molecule has 0 spiro atoms. The molecule has 0 aliphatic rings. The molecule has 2 heteroatoms. The van der Waals surface area contributed by atoms with Gasteiger partial charge >= 0.3 is 0 Å². The number of nitrogens with zero attached hydrogens (tertiary/aromatic N) is 1. The molecule has 1 unspecified atom stereocenters. The Bertz CT molecular complexity index is 330. The lowest BCUT2D eigenvalue weighted by Crippen LogP contribution is -2.44. The number of rotatable bonds is 7. The van der Waals surface area contributed by atoms with E-state index in [0.717, 1.165) is 13.1 Å². The van der Waals surface area contributed by atoms with E-state index in [1.54, 1.807) is 0 Å². The summed E-state index contributed by atoms with van der Waals surface area (Å²) in [7, 11) is 0. The van der Waals surface area contributed by atoms with Crippen LogP contribution in [-0.2, 0) is 0 Å². The number of hydrogen-bond donors (Lipinski definition) is 1. The lowest BCUT2D eigenvalue weighted by molar-refractivity contribution is 0.303. The molecule has 0 radical (unpaired) electrons. The average molecular weight is 248 g/mol. The molecule has 1 atom stereocenters. The van der Waals surface area contributed by atoms with Crippen molar-refractivity contribution in [3.05, 3.63) is 30.3 Å². The molecular formula is C16H28N2. The minimum Gasteiger partial charge on any atom is -0.371 e. The van der Waals surface area contributed by atoms with E-state index in [2.05, 4.69) is 62.9 Å². The molecule has 0 aromatic heterocycles. The molecule has 0 saturated carbocycles. The summed E-state index contributed by atoms with van der Waals surface area (Å²) >= 11 is 0. The van der Waals surface area contributed by atoms with Crippen LogP contribution in [0.15, 0.2) is 30.3 Å². The third-order valence-electron chi connectivity index (χ3n) is 3.73. The Morgan fingerprint density at radius 3 is 2.33 bits per heavy atom. The highest BCUT2D eigenvalue weighted by molar-refractivity contribution is 5.46. The summed E-state index contributed by atoms with van der Waals surface area (Å²) < 4.78 is 0. The van der Waals surface area contributed by atoms with Crippen molar-refractivity contribution >= 4 is 5.69 Å². The summed E-state index contributed by atoms with van der Waals surface area (Å²) in [5, 5.41) is 0. The van der Waals surface area contributed by atoms with Gasteiger partial charge in [-0.05, 0) is 30.9 Å². The van der Waals surface area contributed by atoms with Gasteiger partial charge in [-0.15, -0.1) is 0 Å². The molecule has 1 aromatic carbocycles. The summed E-state index contributed by atoms with van der Waals surface area (Å²) in [4.78, 5) is 2.47. The van der Waals surface area contributed by atoms with E-state index in [4.69, 9.17) is 5.73 Å². The van der Waals surface area contributed by atoms with Crippen LogP contribution < -0.4 is 10.6 Å². The van der Waals surface area contributed by atoms with Crippen molar-refractivity contribution in [1.29, 1.82) is 0 Å². The van der Waals surface area contributed by atoms with E-state index in [1.165, 1.54) is 18.5 Å². The fourth-order valence-corrected chi connectivity index (χ4v) is 1.92. The third kappa shape index (κ3) is 4.34. The molecule has 0 heterocycles. The molecule has 0 bridgehead atoms. The zero-order valence-corrected chi connectivity index (χ0v) is 12.3. The van der Waals surface area contributed by atoms with Gasteiger partial charge < -0.3 is 10.6 Å². The lowest BCUT2D eigenvalue weighted by Gasteiger charge is -2.37. The Morgan fingerprint density at radius 2 is 1.83 bits per heavy atom. The van der Waals surface area contributed by atoms with Crippen molar-refractivity contribution in [2.24, 2.45) is 11.1 Å². The van der Waals surface area contributed by atoms with Crippen molar-refractivity contribution in [1.82, 2.24) is 0 Å². The Kier molecular flexibility index (Phi) is 5.67. The van der Waals surface area contributed by atoms with Crippen LogP contribution in [0.1, 0.15) is 40.5 Å². The summed E-state index contributed by atoms with van der Waals surface area (Å²) in [6.45, 7) is 11.0. The van der Waals surface area contributed by atoms with Crippen LogP contribution in [0.2, 0.25) is 0 Å². The molecule has 1 rings (SSSR count). The van der Waals surface area contributed by atoms with Crippen molar-refractivity contribution in [2.45, 2.75) is 46.6 Å². The van der Waals surface area contributed by atoms with Gasteiger partial charge in [0.1, 0.15) is 0 Å². The van der Waals surface area contributed by atoms with Crippen LogP contribution in [0, 0.1) is 5.41 Å². The topological polar surface area (TPSA) is 29.3 Å². The van der Waals surface area contributed by atoms with Gasteiger partial charge in [0, 0.05) is 24.8 Å². The smallest absolute Gasteiger partial charge is 0.0366 e. The van der Waals surface area contributed by atoms with Crippen LogP contribution in [0.25, 0.3) is 0 Å². The number of para-hydroxylation sites is 1. The zero-order chi connectivity index (χ0) is 13.6. The third-order valence-corrected chi connectivity index (χ3v) is 3.73. The van der Waals surface area contributed by atoms with E-state index < -0.39 is 0 Å². The highest BCUT2D eigenvalue weighted by Gasteiger charge is 2.25. The number of nitrogens with two attached hydrogens (primary N) is 1. The van der Waals surface area contributed by atoms with Crippen LogP contribution in [0.4, 0.5) is 5.69 Å². The second-order valence-electron chi connectivity index (χ2n) is 5.89. The first kappa shape index (κ1) is 15.0. The molecular weight excluding hydrogens is 220 g/mol. The highest BCUT2D eigenvalue weighted by atomic mass is 15.1. The SMILES string of the molecule is CCCCN(CC(C)(C)C(C)N)c1ccccc1. The van der Waals surface area contributed by atoms with Crippen LogP contribution in [-0.4, -0.2) is 19.1 Å². The fraction of sp³-hybridized carbons (Fsp3) is 0.625. The van der Waals surface area contributed by atoms with Crippen LogP contribution in [0.5, 0.6) is 0 Å². The van der Waals surface area contributed by atoms with Crippen molar-refractivity contribution in [3.8, 4) is 0 Å². The van der Waals surface area contributed by atoms with Gasteiger partial charge in [-0.2, -0.15) is 0 Å². The molecule has 0 amide bonds. The van der Waals surface area contributed by atoms with E-state index in [-0.39, 0.29) is 11.5 Å². The fourth-order valence-electron chi connectivity index (χ4n) is 1.92. The largest absolute Gasteiger partial charge is 0.371 e. The lowest BCUT2D eigenvalue weighted by atomic mass is 9.85. The second-order valence-corrected chi connectivity index (χ2v) is 5.89. The predicted octanol–water partition coefficient (Wildman–Crippen LogP) is 3.67. The van der Waals surface area contributed by atoms with E-state index in [0.29, 0.717) is 0 Å². The molecule has 18 heavy (non-hydrogen) atoms. The van der Waals surface area contributed by atoms with Gasteiger partial charge in [0.2, 0.25) is 0 Å². The number of anilines is 1. The highest BCUT2D eigenvalue weighted by Crippen LogP contribution is 2.24. The summed E-state index contributed by atoms with van der Waals surface area (Å²) in [5.41, 5.74) is 7.53. The van der Waals surface area contributed by atoms with E-state index in [1.807, 2.05) is 0 Å². The zero-order valence-electron chi connectivity index (χ0n) is 12.3. The average Bonchev–Trinajstić information content (AvgIpc) is 2.35. The van der Waals surface area contributed by atoms with Crippen LogP contribution in [0.3, 0.4) is 0 Å². The Labute approximate surface area is 112 Å². The minimum atomic E-state index is 0.129.